The number of piperazine rings is 1. The molecule has 0 aliphatic carbocycles. The normalized spacial score (nSPS) is 17.4. The molecule has 3 heterocycles. The molecule has 1 amide bonds. The highest BCUT2D eigenvalue weighted by atomic mass is 32.2. The molecule has 0 unspecified atom stereocenters. The highest BCUT2D eigenvalue weighted by Crippen LogP contribution is 2.24. The number of carbonyl (C=O) groups is 1. The minimum atomic E-state index is -0.179. The number of carbonyl (C=O) groups excluding carboxylic acids is 1. The lowest BCUT2D eigenvalue weighted by atomic mass is 10.3. The van der Waals surface area contributed by atoms with Gasteiger partial charge < -0.3 is 9.80 Å². The fourth-order valence-electron chi connectivity index (χ4n) is 3.14. The van der Waals surface area contributed by atoms with Gasteiger partial charge in [0.25, 0.3) is 5.78 Å². The van der Waals surface area contributed by atoms with Crippen molar-refractivity contribution in [1.82, 2.24) is 24.5 Å². The van der Waals surface area contributed by atoms with Gasteiger partial charge in [-0.25, -0.2) is 4.98 Å². The number of likely N-dealkylation sites (N-methyl/N-ethyl adjacent to an activating group) is 1. The van der Waals surface area contributed by atoms with Gasteiger partial charge in [0.05, 0.1) is 38.0 Å². The van der Waals surface area contributed by atoms with Crippen molar-refractivity contribution in [3.8, 4) is 0 Å². The number of fused-ring (bicyclic) bond motifs is 1. The molecule has 0 radical (unpaired) electrons. The highest BCUT2D eigenvalue weighted by molar-refractivity contribution is 8.00. The van der Waals surface area contributed by atoms with Crippen molar-refractivity contribution in [1.29, 1.82) is 0 Å². The Labute approximate surface area is 146 Å². The summed E-state index contributed by atoms with van der Waals surface area (Å²) in [5, 5.41) is 8.92. The van der Waals surface area contributed by atoms with Crippen LogP contribution in [0.4, 0.5) is 0 Å². The average Bonchev–Trinajstić information content (AvgIpc) is 2.97. The van der Waals surface area contributed by atoms with Crippen molar-refractivity contribution in [2.24, 2.45) is 0 Å². The van der Waals surface area contributed by atoms with E-state index in [-0.39, 0.29) is 11.2 Å². The van der Waals surface area contributed by atoms with Gasteiger partial charge in [-0.1, -0.05) is 11.8 Å². The molecule has 1 N–H and O–H groups in total. The van der Waals surface area contributed by atoms with Crippen molar-refractivity contribution in [3.63, 3.8) is 0 Å². The zero-order valence-corrected chi connectivity index (χ0v) is 15.6. The molecule has 1 atom stereocenters. The maximum atomic E-state index is 12.7. The van der Waals surface area contributed by atoms with Crippen LogP contribution in [-0.4, -0.2) is 68.4 Å². The molecule has 24 heavy (non-hydrogen) atoms. The Morgan fingerprint density at radius 2 is 2.04 bits per heavy atom. The number of thioether (sulfide) groups is 1. The summed E-state index contributed by atoms with van der Waals surface area (Å²) in [5.74, 6) is 0.777. The van der Waals surface area contributed by atoms with Crippen molar-refractivity contribution in [2.45, 2.75) is 38.1 Å². The third kappa shape index (κ3) is 3.39. The molecule has 1 fully saturated rings. The largest absolute Gasteiger partial charge is 0.332 e. The molecule has 2 aromatic heterocycles. The summed E-state index contributed by atoms with van der Waals surface area (Å²) >= 11 is 1.46. The molecule has 130 valence electrons. The van der Waals surface area contributed by atoms with Crippen LogP contribution in [0.25, 0.3) is 5.78 Å². The molecule has 1 aliphatic heterocycles. The minimum Gasteiger partial charge on any atom is -0.332 e. The first-order chi connectivity index (χ1) is 11.5. The first kappa shape index (κ1) is 17.2. The van der Waals surface area contributed by atoms with Gasteiger partial charge in [0.15, 0.2) is 5.16 Å². The Morgan fingerprint density at radius 3 is 2.71 bits per heavy atom. The van der Waals surface area contributed by atoms with Gasteiger partial charge in [0.2, 0.25) is 5.91 Å². The molecule has 8 heteroatoms. The number of quaternary nitrogens is 1. The van der Waals surface area contributed by atoms with Crippen LogP contribution >= 0.6 is 11.8 Å². The second-order valence-electron chi connectivity index (χ2n) is 6.35. The van der Waals surface area contributed by atoms with E-state index in [2.05, 4.69) is 22.1 Å². The van der Waals surface area contributed by atoms with Crippen molar-refractivity contribution >= 4 is 23.4 Å². The quantitative estimate of drug-likeness (QED) is 0.785. The smallest absolute Gasteiger partial charge is 0.256 e. The Hall–Kier alpha value is -1.67. The summed E-state index contributed by atoms with van der Waals surface area (Å²) in [7, 11) is 0. The van der Waals surface area contributed by atoms with E-state index in [0.717, 1.165) is 49.3 Å². The first-order valence-corrected chi connectivity index (χ1v) is 9.36. The van der Waals surface area contributed by atoms with Gasteiger partial charge in [-0.2, -0.15) is 0 Å². The lowest BCUT2D eigenvalue weighted by molar-refractivity contribution is -0.902. The molecule has 2 aromatic rings. The summed E-state index contributed by atoms with van der Waals surface area (Å²) in [6, 6.07) is 2.00. The molecular weight excluding hydrogens is 324 g/mol. The fraction of sp³-hybridized carbons (Fsp3) is 0.625. The lowest BCUT2D eigenvalue weighted by Gasteiger charge is -2.32. The van der Waals surface area contributed by atoms with Crippen LogP contribution in [0.3, 0.4) is 0 Å². The number of aryl methyl sites for hydroxylation is 2. The van der Waals surface area contributed by atoms with Gasteiger partial charge >= 0.3 is 0 Å². The summed E-state index contributed by atoms with van der Waals surface area (Å²) in [5.41, 5.74) is 1.95. The van der Waals surface area contributed by atoms with Gasteiger partial charge in [0.1, 0.15) is 0 Å². The Balaban J connectivity index is 1.71. The number of nitrogens with zero attached hydrogens (tertiary/aromatic N) is 5. The molecule has 7 nitrogen and oxygen atoms in total. The summed E-state index contributed by atoms with van der Waals surface area (Å²) in [6.07, 6.45) is 0. The van der Waals surface area contributed by atoms with Crippen LogP contribution in [0.2, 0.25) is 0 Å². The van der Waals surface area contributed by atoms with E-state index in [1.165, 1.54) is 11.8 Å². The monoisotopic (exact) mass is 349 g/mol. The second kappa shape index (κ2) is 7.06. The molecule has 0 aromatic carbocycles. The highest BCUT2D eigenvalue weighted by Gasteiger charge is 2.28. The van der Waals surface area contributed by atoms with Crippen molar-refractivity contribution < 1.29 is 9.69 Å². The van der Waals surface area contributed by atoms with E-state index in [4.69, 9.17) is 0 Å². The molecular formula is C16H25N6OS+. The number of nitrogens with one attached hydrogen (secondary N) is 1. The lowest BCUT2D eigenvalue weighted by Crippen LogP contribution is -3.14. The number of hydrogen-bond acceptors (Lipinski definition) is 5. The van der Waals surface area contributed by atoms with E-state index < -0.39 is 0 Å². The van der Waals surface area contributed by atoms with Crippen LogP contribution in [0.1, 0.15) is 25.2 Å². The number of aromatic nitrogens is 4. The Bertz CT molecular complexity index is 737. The zero-order valence-electron chi connectivity index (χ0n) is 14.7. The molecule has 0 bridgehead atoms. The van der Waals surface area contributed by atoms with Crippen LogP contribution in [0.5, 0.6) is 0 Å². The molecule has 0 spiro atoms. The molecule has 0 saturated carbocycles. The van der Waals surface area contributed by atoms with Gasteiger partial charge in [-0.3, -0.25) is 9.20 Å². The third-order valence-corrected chi connectivity index (χ3v) is 5.61. The van der Waals surface area contributed by atoms with Crippen molar-refractivity contribution in [3.05, 3.63) is 17.5 Å². The number of amides is 1. The van der Waals surface area contributed by atoms with Gasteiger partial charge in [-0.05, 0) is 33.8 Å². The predicted molar refractivity (Wildman–Crippen MR) is 93.4 cm³/mol. The first-order valence-electron chi connectivity index (χ1n) is 8.48. The van der Waals surface area contributed by atoms with E-state index in [9.17, 15) is 4.79 Å². The summed E-state index contributed by atoms with van der Waals surface area (Å²) in [6.45, 7) is 13.0. The Morgan fingerprint density at radius 1 is 1.33 bits per heavy atom. The van der Waals surface area contributed by atoms with E-state index in [1.54, 1.807) is 4.90 Å². The van der Waals surface area contributed by atoms with E-state index in [0.29, 0.717) is 5.78 Å². The van der Waals surface area contributed by atoms with Crippen LogP contribution in [0.15, 0.2) is 11.2 Å². The topological polar surface area (TPSA) is 67.8 Å². The predicted octanol–water partition coefficient (Wildman–Crippen LogP) is -0.0313. The maximum Gasteiger partial charge on any atom is 0.256 e. The Kier molecular flexibility index (Phi) is 5.05. The van der Waals surface area contributed by atoms with Gasteiger partial charge in [-0.15, -0.1) is 10.2 Å². The summed E-state index contributed by atoms with van der Waals surface area (Å²) in [4.78, 5) is 20.7. The van der Waals surface area contributed by atoms with E-state index >= 15 is 0 Å². The number of rotatable bonds is 4. The maximum absolute atomic E-state index is 12.7. The van der Waals surface area contributed by atoms with Crippen LogP contribution < -0.4 is 4.90 Å². The third-order valence-electron chi connectivity index (χ3n) is 4.58. The van der Waals surface area contributed by atoms with E-state index in [1.807, 2.05) is 36.1 Å². The summed E-state index contributed by atoms with van der Waals surface area (Å²) < 4.78 is 1.92. The second-order valence-corrected chi connectivity index (χ2v) is 7.65. The standard InChI is InChI=1S/C16H24N6OS/c1-5-20-6-8-21(9-7-20)14(23)13(4)24-16-19-18-15-17-11(2)10-12(3)22(15)16/h10,13H,5-9H2,1-4H3/p+1/t13-/m0/s1. The average molecular weight is 349 g/mol. The number of hydrogen-bond donors (Lipinski definition) is 1. The molecule has 3 rings (SSSR count). The van der Waals surface area contributed by atoms with Crippen molar-refractivity contribution in [2.75, 3.05) is 32.7 Å². The zero-order chi connectivity index (χ0) is 17.3. The molecule has 1 aliphatic rings. The SMILES string of the molecule is CC[NH+]1CCN(C(=O)[C@H](C)Sc2nnc3nc(C)cc(C)n23)CC1. The van der Waals surface area contributed by atoms with Crippen LogP contribution in [0, 0.1) is 13.8 Å². The van der Waals surface area contributed by atoms with Gasteiger partial charge in [0, 0.05) is 11.4 Å². The minimum absolute atomic E-state index is 0.179. The fourth-order valence-corrected chi connectivity index (χ4v) is 4.12. The van der Waals surface area contributed by atoms with Crippen LogP contribution in [-0.2, 0) is 4.79 Å². The molecule has 1 saturated heterocycles.